The van der Waals surface area contributed by atoms with Gasteiger partial charge in [0.15, 0.2) is 11.6 Å². The molecule has 60 heavy (non-hydrogen) atoms. The first-order chi connectivity index (χ1) is 28.9. The molecule has 306 valence electrons. The van der Waals surface area contributed by atoms with Gasteiger partial charge in [0.2, 0.25) is 11.8 Å². The number of allylic oxidation sites excluding steroid dienone is 1. The molecule has 5 aromatic rings. The zero-order valence-electron chi connectivity index (χ0n) is 33.8. The smallest absolute Gasteiger partial charge is 0.271 e. The number of phenols is 1. The van der Waals surface area contributed by atoms with Crippen LogP contribution in [-0.2, 0) is 18.8 Å². The number of hydrogen-bond donors (Lipinski definition) is 1. The molecule has 2 fully saturated rings. The Morgan fingerprint density at radius 1 is 0.883 bits per heavy atom. The molecule has 11 heteroatoms. The van der Waals surface area contributed by atoms with Gasteiger partial charge in [-0.3, -0.25) is 19.7 Å². The van der Waals surface area contributed by atoms with Crippen molar-refractivity contribution < 1.29 is 33.2 Å². The van der Waals surface area contributed by atoms with Gasteiger partial charge in [0, 0.05) is 18.1 Å². The number of rotatable bonds is 12. The van der Waals surface area contributed by atoms with Crippen molar-refractivity contribution in [2.45, 2.75) is 51.2 Å². The minimum atomic E-state index is -3.04. The molecule has 0 unspecified atom stereocenters. The van der Waals surface area contributed by atoms with Gasteiger partial charge >= 0.3 is 0 Å². The van der Waals surface area contributed by atoms with E-state index in [0.29, 0.717) is 18.4 Å². The van der Waals surface area contributed by atoms with Crippen LogP contribution in [0.15, 0.2) is 145 Å². The first kappa shape index (κ1) is 40.8. The van der Waals surface area contributed by atoms with E-state index in [1.165, 1.54) is 30.3 Å². The monoisotopic (exact) mass is 822 g/mol. The summed E-state index contributed by atoms with van der Waals surface area (Å²) in [5, 5.41) is 23.5. The third-order valence-corrected chi connectivity index (χ3v) is 17.3. The zero-order chi connectivity index (χ0) is 42.2. The molecular formula is C49H47FN2O7Si. The standard InChI is InChI=1S/C49H47FN2O7Si/c1-49(2,3)60(38-18-9-5-10-19-38,39-20-11-6-12-21-39)59-30-35-28-40-46(48(55)51(47(40)54)36-16-13-17-37(29-36)52(56)57)41-31-58-44(45(35)41)25-23-34(33-14-7-4-8-15-33)26-32-22-24-43(53)42(50)27-32/h4-22,24,26-27,29,40-41,44,46,53H,23,25,28,30-31H2,1-3H3/b34-26-/t40-,41+,44-,46-/m1/s1. The molecule has 2 saturated heterocycles. The van der Waals surface area contributed by atoms with Crippen molar-refractivity contribution in [1.82, 2.24) is 0 Å². The number of nitrogens with zero attached hydrogens (tertiary/aromatic N) is 2. The Labute approximate surface area is 350 Å². The lowest BCUT2D eigenvalue weighted by Gasteiger charge is -2.44. The number of aromatic hydroxyl groups is 1. The van der Waals surface area contributed by atoms with Gasteiger partial charge in [0.05, 0.1) is 41.8 Å². The minimum Gasteiger partial charge on any atom is -0.505 e. The highest BCUT2D eigenvalue weighted by molar-refractivity contribution is 6.99. The third kappa shape index (κ3) is 7.53. The largest absolute Gasteiger partial charge is 0.505 e. The molecule has 8 rings (SSSR count). The van der Waals surface area contributed by atoms with Gasteiger partial charge in [-0.25, -0.2) is 9.29 Å². The first-order valence-electron chi connectivity index (χ1n) is 20.3. The number of carbonyl (C=O) groups is 2. The van der Waals surface area contributed by atoms with E-state index in [0.717, 1.165) is 37.6 Å². The number of carbonyl (C=O) groups excluding carboxylic acids is 2. The fourth-order valence-electron chi connectivity index (χ4n) is 9.62. The van der Waals surface area contributed by atoms with E-state index in [1.807, 2.05) is 72.8 Å². The molecule has 5 aromatic carbocycles. The van der Waals surface area contributed by atoms with Crippen molar-refractivity contribution in [2.75, 3.05) is 18.1 Å². The molecule has 0 bridgehead atoms. The summed E-state index contributed by atoms with van der Waals surface area (Å²) in [4.78, 5) is 41.2. The molecule has 4 atom stereocenters. The lowest BCUT2D eigenvalue weighted by Crippen LogP contribution is -2.66. The van der Waals surface area contributed by atoms with Crippen LogP contribution in [-0.4, -0.2) is 49.5 Å². The van der Waals surface area contributed by atoms with Crippen molar-refractivity contribution in [2.24, 2.45) is 17.8 Å². The maximum absolute atomic E-state index is 14.5. The number of ether oxygens (including phenoxy) is 1. The van der Waals surface area contributed by atoms with Crippen molar-refractivity contribution in [3.8, 4) is 5.75 Å². The molecular weight excluding hydrogens is 776 g/mol. The molecule has 9 nitrogen and oxygen atoms in total. The van der Waals surface area contributed by atoms with Gasteiger partial charge in [0.25, 0.3) is 14.0 Å². The first-order valence-corrected chi connectivity index (χ1v) is 22.2. The van der Waals surface area contributed by atoms with Gasteiger partial charge in [-0.15, -0.1) is 0 Å². The van der Waals surface area contributed by atoms with E-state index in [9.17, 15) is 29.2 Å². The van der Waals surface area contributed by atoms with Gasteiger partial charge in [-0.05, 0) is 80.7 Å². The highest BCUT2D eigenvalue weighted by atomic mass is 28.4. The van der Waals surface area contributed by atoms with Gasteiger partial charge in [0.1, 0.15) is 0 Å². The second-order valence-corrected chi connectivity index (χ2v) is 21.2. The number of amides is 2. The number of halogens is 1. The summed E-state index contributed by atoms with van der Waals surface area (Å²) in [5.74, 6) is -3.72. The Morgan fingerprint density at radius 2 is 1.53 bits per heavy atom. The molecule has 0 radical (unpaired) electrons. The Balaban J connectivity index is 1.20. The third-order valence-electron chi connectivity index (χ3n) is 12.3. The summed E-state index contributed by atoms with van der Waals surface area (Å²) >= 11 is 0. The van der Waals surface area contributed by atoms with Crippen molar-refractivity contribution >= 4 is 53.5 Å². The second-order valence-electron chi connectivity index (χ2n) is 16.8. The zero-order valence-corrected chi connectivity index (χ0v) is 34.8. The molecule has 2 aliphatic heterocycles. The molecule has 0 aromatic heterocycles. The SMILES string of the molecule is CC(C)(C)[Si](OCC1=C2[C@@H](CC/C(=C/c3ccc(O)c(F)c3)c3ccccc3)OC[C@@H]2[C@@H]2C(=O)N(c3cccc([N+](=O)[O-])c3)C(=O)[C@@H]2C1)(c1ccccc1)c1ccccc1. The van der Waals surface area contributed by atoms with Crippen molar-refractivity contribution in [3.05, 3.63) is 172 Å². The number of hydrogen-bond acceptors (Lipinski definition) is 7. The van der Waals surface area contributed by atoms with Crippen LogP contribution in [0.1, 0.15) is 51.2 Å². The van der Waals surface area contributed by atoms with Crippen LogP contribution in [0.5, 0.6) is 5.75 Å². The van der Waals surface area contributed by atoms with Crippen molar-refractivity contribution in [1.29, 1.82) is 0 Å². The minimum absolute atomic E-state index is 0.180. The van der Waals surface area contributed by atoms with Crippen LogP contribution in [0.2, 0.25) is 5.04 Å². The summed E-state index contributed by atoms with van der Waals surface area (Å²) in [6.07, 6.45) is 2.85. The van der Waals surface area contributed by atoms with E-state index in [1.54, 1.807) is 12.1 Å². The van der Waals surface area contributed by atoms with Gasteiger partial charge < -0.3 is 14.3 Å². The normalized spacial score (nSPS) is 20.7. The maximum Gasteiger partial charge on any atom is 0.271 e. The fraction of sp³-hybridized carbons (Fsp3) is 0.265. The number of imide groups is 1. The highest BCUT2D eigenvalue weighted by Crippen LogP contribution is 2.51. The van der Waals surface area contributed by atoms with Crippen LogP contribution < -0.4 is 15.3 Å². The summed E-state index contributed by atoms with van der Waals surface area (Å²) in [6.45, 7) is 7.08. The molecule has 0 saturated carbocycles. The summed E-state index contributed by atoms with van der Waals surface area (Å²) in [7, 11) is -3.04. The predicted molar refractivity (Wildman–Crippen MR) is 233 cm³/mol. The maximum atomic E-state index is 14.5. The van der Waals surface area contributed by atoms with Crippen LogP contribution in [0.25, 0.3) is 11.6 Å². The Bertz CT molecular complexity index is 2450. The van der Waals surface area contributed by atoms with E-state index in [2.05, 4.69) is 45.0 Å². The lowest BCUT2D eigenvalue weighted by molar-refractivity contribution is -0.384. The molecule has 2 heterocycles. The van der Waals surface area contributed by atoms with Crippen LogP contribution in [0.3, 0.4) is 0 Å². The predicted octanol–water partition coefficient (Wildman–Crippen LogP) is 8.86. The highest BCUT2D eigenvalue weighted by Gasteiger charge is 2.58. The van der Waals surface area contributed by atoms with E-state index in [-0.39, 0.29) is 47.9 Å². The quantitative estimate of drug-likeness (QED) is 0.0334. The summed E-state index contributed by atoms with van der Waals surface area (Å²) < 4.78 is 28.7. The number of nitro benzene ring substituents is 1. The number of nitro groups is 1. The average molecular weight is 823 g/mol. The van der Waals surface area contributed by atoms with Crippen LogP contribution >= 0.6 is 0 Å². The van der Waals surface area contributed by atoms with Gasteiger partial charge in [-0.1, -0.05) is 130 Å². The number of phenolic OH excluding ortho intramolecular Hbond substituents is 1. The van der Waals surface area contributed by atoms with E-state index >= 15 is 0 Å². The Kier molecular flexibility index (Phi) is 11.2. The molecule has 3 aliphatic rings. The van der Waals surface area contributed by atoms with E-state index in [4.69, 9.17) is 9.16 Å². The molecule has 1 N–H and O–H groups in total. The average Bonchev–Trinajstić information content (AvgIpc) is 3.78. The summed E-state index contributed by atoms with van der Waals surface area (Å²) in [5.41, 5.74) is 4.38. The molecule has 1 aliphatic carbocycles. The van der Waals surface area contributed by atoms with Crippen molar-refractivity contribution in [3.63, 3.8) is 0 Å². The fourth-order valence-corrected chi connectivity index (χ4v) is 14.2. The van der Waals surface area contributed by atoms with Gasteiger partial charge in [-0.2, -0.15) is 0 Å². The molecule has 0 spiro atoms. The Hall–Kier alpha value is -6.01. The topological polar surface area (TPSA) is 119 Å². The second kappa shape index (κ2) is 16.6. The molecule has 2 amide bonds. The lowest BCUT2D eigenvalue weighted by atomic mass is 9.69. The Morgan fingerprint density at radius 3 is 2.15 bits per heavy atom. The number of non-ortho nitro benzene ring substituents is 1. The van der Waals surface area contributed by atoms with E-state index < -0.39 is 48.7 Å². The number of anilines is 1. The number of fused-ring (bicyclic) bond motifs is 3. The van der Waals surface area contributed by atoms with Crippen LogP contribution in [0.4, 0.5) is 15.8 Å². The summed E-state index contributed by atoms with van der Waals surface area (Å²) in [6, 6.07) is 40.5. The van der Waals surface area contributed by atoms with Crippen LogP contribution in [0, 0.1) is 33.7 Å². The number of benzene rings is 5.